The fraction of sp³-hybridized carbons (Fsp3) is 0.278. The molecule has 1 unspecified atom stereocenters. The standard InChI is InChI=1S/C18H18ClF3N2O2/c1-11(26-14-6-4-5-13(19)10-14)17(25)23-15-9-12(18(20,21)22)7-8-16(15)24(2)3/h4-11H,1-3H3,(H,23,25). The fourth-order valence-corrected chi connectivity index (χ4v) is 2.42. The lowest BCUT2D eigenvalue weighted by Crippen LogP contribution is -2.31. The molecule has 0 saturated heterocycles. The summed E-state index contributed by atoms with van der Waals surface area (Å²) in [5.74, 6) is -0.190. The minimum atomic E-state index is -4.51. The van der Waals surface area contributed by atoms with Gasteiger partial charge in [0.25, 0.3) is 5.91 Å². The van der Waals surface area contributed by atoms with Crippen molar-refractivity contribution in [2.24, 2.45) is 0 Å². The van der Waals surface area contributed by atoms with Crippen LogP contribution in [0.15, 0.2) is 42.5 Å². The van der Waals surface area contributed by atoms with Crippen molar-refractivity contribution in [3.63, 3.8) is 0 Å². The molecule has 140 valence electrons. The lowest BCUT2D eigenvalue weighted by atomic mass is 10.1. The highest BCUT2D eigenvalue weighted by Crippen LogP contribution is 2.35. The molecule has 0 radical (unpaired) electrons. The van der Waals surface area contributed by atoms with Crippen LogP contribution in [0.5, 0.6) is 5.75 Å². The minimum absolute atomic E-state index is 0.0522. The molecule has 0 fully saturated rings. The molecule has 0 aromatic heterocycles. The lowest BCUT2D eigenvalue weighted by molar-refractivity contribution is -0.137. The van der Waals surface area contributed by atoms with E-state index in [0.29, 0.717) is 16.5 Å². The predicted octanol–water partition coefficient (Wildman–Crippen LogP) is 4.83. The fourth-order valence-electron chi connectivity index (χ4n) is 2.23. The van der Waals surface area contributed by atoms with Gasteiger partial charge >= 0.3 is 6.18 Å². The number of ether oxygens (including phenoxy) is 1. The van der Waals surface area contributed by atoms with Gasteiger partial charge in [-0.1, -0.05) is 17.7 Å². The zero-order valence-corrected chi connectivity index (χ0v) is 15.2. The molecule has 0 saturated carbocycles. The lowest BCUT2D eigenvalue weighted by Gasteiger charge is -2.21. The van der Waals surface area contributed by atoms with E-state index in [0.717, 1.165) is 12.1 Å². The van der Waals surface area contributed by atoms with Gasteiger partial charge in [-0.05, 0) is 43.3 Å². The summed E-state index contributed by atoms with van der Waals surface area (Å²) in [4.78, 5) is 14.0. The van der Waals surface area contributed by atoms with Crippen LogP contribution >= 0.6 is 11.6 Å². The third kappa shape index (κ3) is 5.05. The predicted molar refractivity (Wildman–Crippen MR) is 95.9 cm³/mol. The summed E-state index contributed by atoms with van der Waals surface area (Å²) in [7, 11) is 3.34. The molecule has 0 aliphatic carbocycles. The maximum Gasteiger partial charge on any atom is 0.416 e. The number of amides is 1. The van der Waals surface area contributed by atoms with Gasteiger partial charge in [-0.3, -0.25) is 4.79 Å². The van der Waals surface area contributed by atoms with Gasteiger partial charge < -0.3 is 15.0 Å². The van der Waals surface area contributed by atoms with E-state index < -0.39 is 23.8 Å². The van der Waals surface area contributed by atoms with Crippen molar-refractivity contribution in [2.45, 2.75) is 19.2 Å². The van der Waals surface area contributed by atoms with Crippen molar-refractivity contribution in [1.29, 1.82) is 0 Å². The van der Waals surface area contributed by atoms with Crippen LogP contribution in [-0.2, 0) is 11.0 Å². The monoisotopic (exact) mass is 386 g/mol. The molecule has 0 spiro atoms. The molecule has 1 amide bonds. The summed E-state index contributed by atoms with van der Waals surface area (Å²) in [5, 5.41) is 2.95. The Kier molecular flexibility index (Phi) is 6.02. The third-order valence-electron chi connectivity index (χ3n) is 3.54. The number of halogens is 4. The molecule has 4 nitrogen and oxygen atoms in total. The molecular weight excluding hydrogens is 369 g/mol. The molecule has 0 bridgehead atoms. The number of rotatable bonds is 5. The van der Waals surface area contributed by atoms with Crippen molar-refractivity contribution in [3.05, 3.63) is 53.1 Å². The Morgan fingerprint density at radius 3 is 2.46 bits per heavy atom. The summed E-state index contributed by atoms with van der Waals surface area (Å²) >= 11 is 5.86. The highest BCUT2D eigenvalue weighted by atomic mass is 35.5. The first kappa shape index (κ1) is 19.9. The zero-order valence-electron chi connectivity index (χ0n) is 14.4. The maximum atomic E-state index is 13.0. The van der Waals surface area contributed by atoms with Crippen LogP contribution in [-0.4, -0.2) is 26.1 Å². The smallest absolute Gasteiger partial charge is 0.416 e. The van der Waals surface area contributed by atoms with Gasteiger partial charge in [0.1, 0.15) is 5.75 Å². The van der Waals surface area contributed by atoms with Gasteiger partial charge in [-0.2, -0.15) is 13.2 Å². The molecule has 2 aromatic rings. The van der Waals surface area contributed by atoms with Gasteiger partial charge in [0.2, 0.25) is 0 Å². The number of hydrogen-bond acceptors (Lipinski definition) is 3. The first-order chi connectivity index (χ1) is 12.1. The van der Waals surface area contributed by atoms with Crippen LogP contribution in [0.3, 0.4) is 0 Å². The van der Waals surface area contributed by atoms with Crippen molar-refractivity contribution in [1.82, 2.24) is 0 Å². The van der Waals surface area contributed by atoms with Crippen LogP contribution in [0.1, 0.15) is 12.5 Å². The minimum Gasteiger partial charge on any atom is -0.481 e. The Hall–Kier alpha value is -2.41. The van der Waals surface area contributed by atoms with E-state index >= 15 is 0 Å². The maximum absolute atomic E-state index is 13.0. The van der Waals surface area contributed by atoms with Gasteiger partial charge in [-0.25, -0.2) is 0 Å². The summed E-state index contributed by atoms with van der Waals surface area (Å²) in [6, 6.07) is 9.67. The van der Waals surface area contributed by atoms with Crippen LogP contribution < -0.4 is 15.0 Å². The van der Waals surface area contributed by atoms with E-state index in [1.807, 2.05) is 0 Å². The number of hydrogen-bond donors (Lipinski definition) is 1. The Bertz CT molecular complexity index is 794. The molecule has 0 aliphatic heterocycles. The number of carbonyl (C=O) groups excluding carboxylic acids is 1. The third-order valence-corrected chi connectivity index (χ3v) is 3.78. The van der Waals surface area contributed by atoms with Crippen LogP contribution in [0.4, 0.5) is 24.5 Å². The summed E-state index contributed by atoms with van der Waals surface area (Å²) < 4.78 is 44.4. The molecular formula is C18H18ClF3N2O2. The molecule has 1 N–H and O–H groups in total. The second kappa shape index (κ2) is 7.86. The number of carbonyl (C=O) groups is 1. The number of anilines is 2. The first-order valence-corrected chi connectivity index (χ1v) is 8.07. The average molecular weight is 387 g/mol. The summed E-state index contributed by atoms with van der Waals surface area (Å²) in [6.07, 6.45) is -5.44. The molecule has 2 rings (SSSR count). The largest absolute Gasteiger partial charge is 0.481 e. The van der Waals surface area contributed by atoms with Crippen molar-refractivity contribution >= 4 is 28.9 Å². The molecule has 26 heavy (non-hydrogen) atoms. The molecule has 2 aromatic carbocycles. The average Bonchev–Trinajstić information content (AvgIpc) is 2.53. The SMILES string of the molecule is CC(Oc1cccc(Cl)c1)C(=O)Nc1cc(C(F)(F)F)ccc1N(C)C. The topological polar surface area (TPSA) is 41.6 Å². The van der Waals surface area contributed by atoms with Crippen LogP contribution in [0.25, 0.3) is 0 Å². The quantitative estimate of drug-likeness (QED) is 0.800. The van der Waals surface area contributed by atoms with E-state index in [2.05, 4.69) is 5.32 Å². The van der Waals surface area contributed by atoms with E-state index in [9.17, 15) is 18.0 Å². The van der Waals surface area contributed by atoms with Gasteiger partial charge in [-0.15, -0.1) is 0 Å². The Morgan fingerprint density at radius 1 is 1.19 bits per heavy atom. The van der Waals surface area contributed by atoms with Crippen LogP contribution in [0.2, 0.25) is 5.02 Å². The van der Waals surface area contributed by atoms with Gasteiger partial charge in [0.15, 0.2) is 6.10 Å². The molecule has 8 heteroatoms. The number of alkyl halides is 3. The van der Waals surface area contributed by atoms with Gasteiger partial charge in [0.05, 0.1) is 16.9 Å². The number of benzene rings is 2. The second-order valence-electron chi connectivity index (χ2n) is 5.83. The van der Waals surface area contributed by atoms with E-state index in [-0.39, 0.29) is 5.69 Å². The molecule has 0 aliphatic rings. The highest BCUT2D eigenvalue weighted by Gasteiger charge is 2.31. The summed E-state index contributed by atoms with van der Waals surface area (Å²) in [5.41, 5.74) is -0.348. The second-order valence-corrected chi connectivity index (χ2v) is 6.27. The Morgan fingerprint density at radius 2 is 1.88 bits per heavy atom. The van der Waals surface area contributed by atoms with Crippen molar-refractivity contribution < 1.29 is 22.7 Å². The summed E-state index contributed by atoms with van der Waals surface area (Å²) in [6.45, 7) is 1.50. The normalized spacial score (nSPS) is 12.4. The Labute approximate surface area is 154 Å². The van der Waals surface area contributed by atoms with E-state index in [1.165, 1.54) is 13.0 Å². The van der Waals surface area contributed by atoms with Crippen molar-refractivity contribution in [2.75, 3.05) is 24.3 Å². The van der Waals surface area contributed by atoms with Gasteiger partial charge in [0, 0.05) is 19.1 Å². The van der Waals surface area contributed by atoms with E-state index in [1.54, 1.807) is 43.3 Å². The number of nitrogens with one attached hydrogen (secondary N) is 1. The highest BCUT2D eigenvalue weighted by molar-refractivity contribution is 6.30. The molecule has 0 heterocycles. The van der Waals surface area contributed by atoms with E-state index in [4.69, 9.17) is 16.3 Å². The Balaban J connectivity index is 2.21. The first-order valence-electron chi connectivity index (χ1n) is 7.69. The zero-order chi connectivity index (χ0) is 19.5. The molecule has 1 atom stereocenters. The van der Waals surface area contributed by atoms with Crippen molar-refractivity contribution in [3.8, 4) is 5.75 Å². The number of nitrogens with zero attached hydrogens (tertiary/aromatic N) is 1. The van der Waals surface area contributed by atoms with Crippen LogP contribution in [0, 0.1) is 0 Å².